The first-order chi connectivity index (χ1) is 9.88. The first-order valence-electron chi connectivity index (χ1n) is 8.50. The van der Waals surface area contributed by atoms with Gasteiger partial charge in [-0.05, 0) is 43.9 Å². The topological polar surface area (TPSA) is 49.4 Å². The van der Waals surface area contributed by atoms with E-state index in [-0.39, 0.29) is 23.9 Å². The molecule has 1 atom stereocenters. The molecule has 0 radical (unpaired) electrons. The summed E-state index contributed by atoms with van der Waals surface area (Å²) in [5.74, 6) is 0.000808. The van der Waals surface area contributed by atoms with Gasteiger partial charge in [-0.3, -0.25) is 14.5 Å². The molecule has 4 nitrogen and oxygen atoms in total. The standard InChI is InChI=1S/C17H30N2O2/c1-5-13(6-2)19-15(20)11-14(16(19)21)18-12-7-9-17(3,4)10-8-12/h12-14,18H,5-11H2,1-4H3. The number of nitrogens with one attached hydrogen (secondary N) is 1. The second-order valence-corrected chi connectivity index (χ2v) is 7.43. The minimum atomic E-state index is -0.288. The van der Waals surface area contributed by atoms with Gasteiger partial charge in [0, 0.05) is 12.1 Å². The largest absolute Gasteiger partial charge is 0.303 e. The third kappa shape index (κ3) is 3.65. The third-order valence-electron chi connectivity index (χ3n) is 5.27. The normalized spacial score (nSPS) is 26.9. The summed E-state index contributed by atoms with van der Waals surface area (Å²) in [6, 6.07) is 0.174. The van der Waals surface area contributed by atoms with E-state index in [2.05, 4.69) is 19.2 Å². The Labute approximate surface area is 128 Å². The highest BCUT2D eigenvalue weighted by Gasteiger charge is 2.42. The molecule has 2 rings (SSSR count). The molecule has 1 saturated heterocycles. The van der Waals surface area contributed by atoms with Crippen molar-refractivity contribution in [3.63, 3.8) is 0 Å². The average molecular weight is 294 g/mol. The molecule has 0 spiro atoms. The van der Waals surface area contributed by atoms with Crippen LogP contribution in [0.1, 0.15) is 72.6 Å². The summed E-state index contributed by atoms with van der Waals surface area (Å²) in [4.78, 5) is 26.2. The molecular formula is C17H30N2O2. The molecular weight excluding hydrogens is 264 g/mol. The Morgan fingerprint density at radius 2 is 1.76 bits per heavy atom. The lowest BCUT2D eigenvalue weighted by molar-refractivity contribution is -0.141. The summed E-state index contributed by atoms with van der Waals surface area (Å²) in [5.41, 5.74) is 0.426. The summed E-state index contributed by atoms with van der Waals surface area (Å²) in [5, 5.41) is 3.46. The van der Waals surface area contributed by atoms with Gasteiger partial charge in [-0.25, -0.2) is 0 Å². The quantitative estimate of drug-likeness (QED) is 0.793. The van der Waals surface area contributed by atoms with Crippen molar-refractivity contribution in [1.29, 1.82) is 0 Å². The smallest absolute Gasteiger partial charge is 0.247 e. The van der Waals surface area contributed by atoms with Gasteiger partial charge in [0.15, 0.2) is 0 Å². The van der Waals surface area contributed by atoms with Crippen molar-refractivity contribution in [2.24, 2.45) is 5.41 Å². The molecule has 1 aliphatic carbocycles. The second-order valence-electron chi connectivity index (χ2n) is 7.43. The molecule has 21 heavy (non-hydrogen) atoms. The number of carbonyl (C=O) groups is 2. The first-order valence-corrected chi connectivity index (χ1v) is 8.50. The zero-order valence-electron chi connectivity index (χ0n) is 13.9. The van der Waals surface area contributed by atoms with Crippen LogP contribution in [0.5, 0.6) is 0 Å². The van der Waals surface area contributed by atoms with Crippen molar-refractivity contribution in [1.82, 2.24) is 10.2 Å². The number of rotatable bonds is 5. The van der Waals surface area contributed by atoms with Crippen molar-refractivity contribution in [3.8, 4) is 0 Å². The van der Waals surface area contributed by atoms with Gasteiger partial charge in [-0.1, -0.05) is 27.7 Å². The molecule has 2 amide bonds. The lowest BCUT2D eigenvalue weighted by atomic mass is 9.75. The van der Waals surface area contributed by atoms with Gasteiger partial charge in [-0.15, -0.1) is 0 Å². The Balaban J connectivity index is 1.94. The Hall–Kier alpha value is -0.900. The van der Waals surface area contributed by atoms with Crippen LogP contribution in [-0.2, 0) is 9.59 Å². The van der Waals surface area contributed by atoms with Gasteiger partial charge in [0.2, 0.25) is 11.8 Å². The molecule has 1 saturated carbocycles. The fourth-order valence-corrected chi connectivity index (χ4v) is 3.67. The van der Waals surface area contributed by atoms with Gasteiger partial charge in [0.25, 0.3) is 0 Å². The lowest BCUT2D eigenvalue weighted by Crippen LogP contribution is -2.47. The number of hydrogen-bond donors (Lipinski definition) is 1. The number of imide groups is 1. The highest BCUT2D eigenvalue weighted by molar-refractivity contribution is 6.05. The third-order valence-corrected chi connectivity index (χ3v) is 5.27. The summed E-state index contributed by atoms with van der Waals surface area (Å²) >= 11 is 0. The molecule has 0 aromatic carbocycles. The SMILES string of the molecule is CCC(CC)N1C(=O)CC(NC2CCC(C)(C)CC2)C1=O. The van der Waals surface area contributed by atoms with E-state index in [4.69, 9.17) is 0 Å². The summed E-state index contributed by atoms with van der Waals surface area (Å²) in [6.07, 6.45) is 6.63. The Kier molecular flexibility index (Phi) is 5.07. The van der Waals surface area contributed by atoms with Crippen LogP contribution in [0.3, 0.4) is 0 Å². The Bertz CT molecular complexity index is 392. The molecule has 0 bridgehead atoms. The Morgan fingerprint density at radius 3 is 2.29 bits per heavy atom. The van der Waals surface area contributed by atoms with E-state index < -0.39 is 0 Å². The lowest BCUT2D eigenvalue weighted by Gasteiger charge is -2.35. The molecule has 1 N–H and O–H groups in total. The fourth-order valence-electron chi connectivity index (χ4n) is 3.67. The van der Waals surface area contributed by atoms with E-state index in [0.717, 1.165) is 25.7 Å². The highest BCUT2D eigenvalue weighted by Crippen LogP contribution is 2.35. The van der Waals surface area contributed by atoms with Crippen LogP contribution in [0.4, 0.5) is 0 Å². The monoisotopic (exact) mass is 294 g/mol. The van der Waals surface area contributed by atoms with Crippen LogP contribution in [0.2, 0.25) is 0 Å². The molecule has 0 aromatic rings. The van der Waals surface area contributed by atoms with Crippen LogP contribution in [0.15, 0.2) is 0 Å². The minimum Gasteiger partial charge on any atom is -0.303 e. The molecule has 1 aliphatic heterocycles. The van der Waals surface area contributed by atoms with E-state index in [1.165, 1.54) is 17.7 Å². The minimum absolute atomic E-state index is 0.00136. The zero-order chi connectivity index (χ0) is 15.6. The number of hydrogen-bond acceptors (Lipinski definition) is 3. The Morgan fingerprint density at radius 1 is 1.19 bits per heavy atom. The number of amides is 2. The van der Waals surface area contributed by atoms with Crippen molar-refractivity contribution in [2.45, 2.75) is 90.8 Å². The number of likely N-dealkylation sites (tertiary alicyclic amines) is 1. The molecule has 120 valence electrons. The van der Waals surface area contributed by atoms with E-state index >= 15 is 0 Å². The number of nitrogens with zero attached hydrogens (tertiary/aromatic N) is 1. The highest BCUT2D eigenvalue weighted by atomic mass is 16.2. The maximum absolute atomic E-state index is 12.5. The van der Waals surface area contributed by atoms with Gasteiger partial charge in [-0.2, -0.15) is 0 Å². The summed E-state index contributed by atoms with van der Waals surface area (Å²) in [7, 11) is 0. The molecule has 2 aliphatic rings. The van der Waals surface area contributed by atoms with Crippen LogP contribution in [0.25, 0.3) is 0 Å². The van der Waals surface area contributed by atoms with E-state index in [9.17, 15) is 9.59 Å². The zero-order valence-corrected chi connectivity index (χ0v) is 13.9. The van der Waals surface area contributed by atoms with Gasteiger partial charge in [0.05, 0.1) is 12.5 Å². The maximum atomic E-state index is 12.5. The maximum Gasteiger partial charge on any atom is 0.247 e. The first kappa shape index (κ1) is 16.5. The predicted molar refractivity (Wildman–Crippen MR) is 83.8 cm³/mol. The second kappa shape index (κ2) is 6.47. The molecule has 4 heteroatoms. The predicted octanol–water partition coefficient (Wildman–Crippen LogP) is 2.86. The van der Waals surface area contributed by atoms with Crippen LogP contribution >= 0.6 is 0 Å². The molecule has 0 aromatic heterocycles. The average Bonchev–Trinajstić information content (AvgIpc) is 2.70. The summed E-state index contributed by atoms with van der Waals surface area (Å²) in [6.45, 7) is 8.70. The van der Waals surface area contributed by atoms with Crippen molar-refractivity contribution >= 4 is 11.8 Å². The van der Waals surface area contributed by atoms with Gasteiger partial charge in [0.1, 0.15) is 0 Å². The van der Waals surface area contributed by atoms with Gasteiger partial charge >= 0.3 is 0 Å². The van der Waals surface area contributed by atoms with Crippen LogP contribution in [-0.4, -0.2) is 34.8 Å². The number of carbonyl (C=O) groups excluding carboxylic acids is 2. The van der Waals surface area contributed by atoms with Gasteiger partial charge < -0.3 is 5.32 Å². The van der Waals surface area contributed by atoms with Crippen LogP contribution < -0.4 is 5.32 Å². The van der Waals surface area contributed by atoms with E-state index in [0.29, 0.717) is 17.9 Å². The van der Waals surface area contributed by atoms with Crippen molar-refractivity contribution in [2.75, 3.05) is 0 Å². The van der Waals surface area contributed by atoms with Crippen molar-refractivity contribution < 1.29 is 9.59 Å². The van der Waals surface area contributed by atoms with Crippen molar-refractivity contribution in [3.05, 3.63) is 0 Å². The fraction of sp³-hybridized carbons (Fsp3) is 0.882. The molecule has 2 fully saturated rings. The van der Waals surface area contributed by atoms with Crippen LogP contribution in [0, 0.1) is 5.41 Å². The van der Waals surface area contributed by atoms with E-state index in [1.54, 1.807) is 0 Å². The molecule has 1 unspecified atom stereocenters. The molecule has 1 heterocycles. The summed E-state index contributed by atoms with van der Waals surface area (Å²) < 4.78 is 0. The van der Waals surface area contributed by atoms with E-state index in [1.807, 2.05) is 13.8 Å².